The van der Waals surface area contributed by atoms with Gasteiger partial charge in [0.25, 0.3) is 0 Å². The molecule has 0 aliphatic heterocycles. The minimum absolute atomic E-state index is 0.322. The number of fused-ring (bicyclic) bond motifs is 1. The van der Waals surface area contributed by atoms with Crippen molar-refractivity contribution < 1.29 is 5.11 Å². The number of benzene rings is 1. The normalized spacial score (nSPS) is 14.1. The molecule has 0 aliphatic carbocycles. The van der Waals surface area contributed by atoms with Crippen molar-refractivity contribution >= 4 is 10.8 Å². The van der Waals surface area contributed by atoms with E-state index in [1.54, 1.807) is 6.20 Å². The van der Waals surface area contributed by atoms with Gasteiger partial charge in [-0.1, -0.05) is 18.2 Å². The van der Waals surface area contributed by atoms with Gasteiger partial charge in [0.2, 0.25) is 0 Å². The summed E-state index contributed by atoms with van der Waals surface area (Å²) in [4.78, 5) is 6.16. The van der Waals surface area contributed by atoms with E-state index in [0.29, 0.717) is 0 Å². The zero-order chi connectivity index (χ0) is 13.3. The lowest BCUT2D eigenvalue weighted by Gasteiger charge is -2.37. The fraction of sp³-hybridized carbons (Fsp3) is 0.400. The SMILES string of the molecule is CN(C)C(C)(C)C(O)c1cccc2cnccc12. The van der Waals surface area contributed by atoms with Crippen molar-refractivity contribution in [2.45, 2.75) is 25.5 Å². The minimum atomic E-state index is -0.543. The van der Waals surface area contributed by atoms with Crippen molar-refractivity contribution in [3.63, 3.8) is 0 Å². The Bertz CT molecular complexity index is 544. The number of hydrogen-bond acceptors (Lipinski definition) is 3. The van der Waals surface area contributed by atoms with E-state index < -0.39 is 6.10 Å². The summed E-state index contributed by atoms with van der Waals surface area (Å²) in [5, 5.41) is 12.8. The Labute approximate surface area is 108 Å². The first-order valence-electron chi connectivity index (χ1n) is 6.12. The molecule has 1 aromatic carbocycles. The fourth-order valence-electron chi connectivity index (χ4n) is 2.01. The van der Waals surface area contributed by atoms with E-state index in [-0.39, 0.29) is 5.54 Å². The van der Waals surface area contributed by atoms with Gasteiger partial charge in [0.05, 0.1) is 6.10 Å². The number of hydrogen-bond donors (Lipinski definition) is 1. The molecule has 18 heavy (non-hydrogen) atoms. The lowest BCUT2D eigenvalue weighted by atomic mass is 9.88. The Balaban J connectivity index is 2.55. The highest BCUT2D eigenvalue weighted by Crippen LogP contribution is 2.33. The Morgan fingerprint density at radius 3 is 2.61 bits per heavy atom. The average molecular weight is 244 g/mol. The Kier molecular flexibility index (Phi) is 3.37. The summed E-state index contributed by atoms with van der Waals surface area (Å²) in [5.74, 6) is 0. The molecule has 0 aliphatic rings. The minimum Gasteiger partial charge on any atom is -0.386 e. The van der Waals surface area contributed by atoms with Crippen LogP contribution in [-0.4, -0.2) is 34.6 Å². The van der Waals surface area contributed by atoms with Crippen molar-refractivity contribution in [1.29, 1.82) is 0 Å². The van der Waals surface area contributed by atoms with Crippen LogP contribution in [0.25, 0.3) is 10.8 Å². The first kappa shape index (κ1) is 13.0. The van der Waals surface area contributed by atoms with Gasteiger partial charge in [-0.2, -0.15) is 0 Å². The maximum atomic E-state index is 10.7. The number of aliphatic hydroxyl groups is 1. The molecule has 1 unspecified atom stereocenters. The van der Waals surface area contributed by atoms with Gasteiger partial charge in [-0.3, -0.25) is 4.98 Å². The Morgan fingerprint density at radius 1 is 1.22 bits per heavy atom. The van der Waals surface area contributed by atoms with Crippen molar-refractivity contribution in [2.24, 2.45) is 0 Å². The smallest absolute Gasteiger partial charge is 0.0973 e. The van der Waals surface area contributed by atoms with E-state index in [9.17, 15) is 5.11 Å². The highest BCUT2D eigenvalue weighted by molar-refractivity contribution is 5.85. The van der Waals surface area contributed by atoms with Crippen LogP contribution in [0.15, 0.2) is 36.7 Å². The van der Waals surface area contributed by atoms with E-state index in [1.165, 1.54) is 0 Å². The van der Waals surface area contributed by atoms with E-state index in [2.05, 4.69) is 4.98 Å². The molecule has 0 spiro atoms. The molecular weight excluding hydrogens is 224 g/mol. The molecule has 1 atom stereocenters. The van der Waals surface area contributed by atoms with Gasteiger partial charge in [0.1, 0.15) is 0 Å². The number of aliphatic hydroxyl groups excluding tert-OH is 1. The molecule has 1 aromatic heterocycles. The molecule has 1 N–H and O–H groups in total. The lowest BCUT2D eigenvalue weighted by molar-refractivity contribution is 0.0173. The van der Waals surface area contributed by atoms with Gasteiger partial charge in [0.15, 0.2) is 0 Å². The number of likely N-dealkylation sites (N-methyl/N-ethyl adjacent to an activating group) is 1. The summed E-state index contributed by atoms with van der Waals surface area (Å²) >= 11 is 0. The molecule has 2 aromatic rings. The average Bonchev–Trinajstić information content (AvgIpc) is 2.37. The molecule has 0 amide bonds. The molecule has 2 rings (SSSR count). The van der Waals surface area contributed by atoms with Gasteiger partial charge in [-0.25, -0.2) is 0 Å². The summed E-state index contributed by atoms with van der Waals surface area (Å²) in [6, 6.07) is 7.92. The molecule has 3 heteroatoms. The van der Waals surface area contributed by atoms with Crippen molar-refractivity contribution in [3.05, 3.63) is 42.2 Å². The molecule has 0 saturated carbocycles. The molecule has 1 heterocycles. The number of pyridine rings is 1. The molecule has 0 radical (unpaired) electrons. The maximum absolute atomic E-state index is 10.7. The zero-order valence-electron chi connectivity index (χ0n) is 11.4. The summed E-state index contributed by atoms with van der Waals surface area (Å²) < 4.78 is 0. The quantitative estimate of drug-likeness (QED) is 0.901. The fourth-order valence-corrected chi connectivity index (χ4v) is 2.01. The molecule has 0 fully saturated rings. The molecule has 0 saturated heterocycles. The van der Waals surface area contributed by atoms with Crippen LogP contribution >= 0.6 is 0 Å². The van der Waals surface area contributed by atoms with Crippen molar-refractivity contribution in [1.82, 2.24) is 9.88 Å². The lowest BCUT2D eigenvalue weighted by Crippen LogP contribution is -2.43. The van der Waals surface area contributed by atoms with Crippen LogP contribution in [0.1, 0.15) is 25.5 Å². The van der Waals surface area contributed by atoms with Crippen LogP contribution in [0.4, 0.5) is 0 Å². The third-order valence-corrected chi connectivity index (χ3v) is 3.83. The summed E-state index contributed by atoms with van der Waals surface area (Å²) in [6.07, 6.45) is 3.05. The summed E-state index contributed by atoms with van der Waals surface area (Å²) in [7, 11) is 3.96. The summed E-state index contributed by atoms with van der Waals surface area (Å²) in [6.45, 7) is 4.08. The highest BCUT2D eigenvalue weighted by Gasteiger charge is 2.32. The van der Waals surface area contributed by atoms with Gasteiger partial charge in [-0.05, 0) is 45.0 Å². The second-order valence-corrected chi connectivity index (χ2v) is 5.39. The van der Waals surface area contributed by atoms with Crippen LogP contribution in [-0.2, 0) is 0 Å². The third kappa shape index (κ3) is 2.11. The van der Waals surface area contributed by atoms with E-state index >= 15 is 0 Å². The molecule has 0 bridgehead atoms. The number of nitrogens with zero attached hydrogens (tertiary/aromatic N) is 2. The Morgan fingerprint density at radius 2 is 1.94 bits per heavy atom. The summed E-state index contributed by atoms with van der Waals surface area (Å²) in [5.41, 5.74) is 0.631. The first-order chi connectivity index (χ1) is 8.44. The van der Waals surface area contributed by atoms with Gasteiger partial charge >= 0.3 is 0 Å². The standard InChI is InChI=1S/C15H20N2O/c1-15(2,17(3)4)14(18)13-7-5-6-11-10-16-9-8-12(11)13/h5-10,14,18H,1-4H3. The van der Waals surface area contributed by atoms with Gasteiger partial charge < -0.3 is 10.0 Å². The molecule has 96 valence electrons. The second kappa shape index (κ2) is 4.67. The van der Waals surface area contributed by atoms with Crippen LogP contribution in [0.2, 0.25) is 0 Å². The highest BCUT2D eigenvalue weighted by atomic mass is 16.3. The first-order valence-corrected chi connectivity index (χ1v) is 6.12. The zero-order valence-corrected chi connectivity index (χ0v) is 11.4. The van der Waals surface area contributed by atoms with Crippen LogP contribution in [0, 0.1) is 0 Å². The van der Waals surface area contributed by atoms with Gasteiger partial charge in [0, 0.05) is 23.3 Å². The van der Waals surface area contributed by atoms with Crippen LogP contribution in [0.3, 0.4) is 0 Å². The van der Waals surface area contributed by atoms with Crippen LogP contribution < -0.4 is 0 Å². The number of aromatic nitrogens is 1. The number of rotatable bonds is 3. The van der Waals surface area contributed by atoms with E-state index in [4.69, 9.17) is 0 Å². The molecular formula is C15H20N2O. The predicted octanol–water partition coefficient (Wildman–Crippen LogP) is 2.61. The monoisotopic (exact) mass is 244 g/mol. The molecule has 3 nitrogen and oxygen atoms in total. The van der Waals surface area contributed by atoms with Crippen molar-refractivity contribution in [3.8, 4) is 0 Å². The topological polar surface area (TPSA) is 36.4 Å². The maximum Gasteiger partial charge on any atom is 0.0973 e. The van der Waals surface area contributed by atoms with Crippen molar-refractivity contribution in [2.75, 3.05) is 14.1 Å². The van der Waals surface area contributed by atoms with Crippen LogP contribution in [0.5, 0.6) is 0 Å². The Hall–Kier alpha value is -1.45. The van der Waals surface area contributed by atoms with E-state index in [1.807, 2.05) is 63.3 Å². The largest absolute Gasteiger partial charge is 0.386 e. The van der Waals surface area contributed by atoms with E-state index in [0.717, 1.165) is 16.3 Å². The third-order valence-electron chi connectivity index (χ3n) is 3.83. The van der Waals surface area contributed by atoms with Gasteiger partial charge in [-0.15, -0.1) is 0 Å². The second-order valence-electron chi connectivity index (χ2n) is 5.39. The predicted molar refractivity (Wildman–Crippen MR) is 74.5 cm³/mol.